The lowest BCUT2D eigenvalue weighted by Gasteiger charge is -2.19. The summed E-state index contributed by atoms with van der Waals surface area (Å²) >= 11 is 1.53. The summed E-state index contributed by atoms with van der Waals surface area (Å²) in [5.41, 5.74) is 1.06. The van der Waals surface area contributed by atoms with Gasteiger partial charge in [0.15, 0.2) is 0 Å². The third-order valence-corrected chi connectivity index (χ3v) is 4.96. The minimum atomic E-state index is -0.202. The Kier molecular flexibility index (Phi) is 7.09. The van der Waals surface area contributed by atoms with E-state index in [1.165, 1.54) is 11.3 Å². The zero-order valence-corrected chi connectivity index (χ0v) is 17.2. The molecule has 0 saturated carbocycles. The summed E-state index contributed by atoms with van der Waals surface area (Å²) in [6.07, 6.45) is 0.880. The van der Waals surface area contributed by atoms with Crippen LogP contribution in [0.2, 0.25) is 0 Å². The summed E-state index contributed by atoms with van der Waals surface area (Å²) in [4.78, 5) is 27.1. The van der Waals surface area contributed by atoms with Gasteiger partial charge in [0, 0.05) is 18.3 Å². The van der Waals surface area contributed by atoms with Crippen LogP contribution in [0.1, 0.15) is 29.6 Å². The lowest BCUT2D eigenvalue weighted by atomic mass is 10.2. The minimum absolute atomic E-state index is 0.175. The molecule has 0 radical (unpaired) electrons. The fourth-order valence-corrected chi connectivity index (χ4v) is 3.47. The molecule has 2 aromatic heterocycles. The molecule has 0 unspecified atom stereocenters. The Bertz CT molecular complexity index is 955. The Morgan fingerprint density at radius 2 is 2.07 bits per heavy atom. The van der Waals surface area contributed by atoms with E-state index in [-0.39, 0.29) is 18.4 Å². The highest BCUT2D eigenvalue weighted by molar-refractivity contribution is 7.13. The first-order chi connectivity index (χ1) is 14.1. The highest BCUT2D eigenvalue weighted by Gasteiger charge is 2.16. The Balaban J connectivity index is 1.61. The largest absolute Gasteiger partial charge is 0.419 e. The zero-order chi connectivity index (χ0) is 20.6. The molecular weight excluding hydrogens is 390 g/mol. The predicted molar refractivity (Wildman–Crippen MR) is 112 cm³/mol. The van der Waals surface area contributed by atoms with E-state index in [0.717, 1.165) is 11.3 Å². The summed E-state index contributed by atoms with van der Waals surface area (Å²) in [6, 6.07) is 10.7. The van der Waals surface area contributed by atoms with Crippen molar-refractivity contribution in [2.45, 2.75) is 19.9 Å². The quantitative estimate of drug-likeness (QED) is 0.559. The molecule has 2 heterocycles. The predicted octanol–water partition coefficient (Wildman–Crippen LogP) is 3.01. The number of carbonyl (C=O) groups excluding carboxylic acids is 2. The number of nitrogens with one attached hydrogen (secondary N) is 2. The molecule has 9 heteroatoms. The zero-order valence-electron chi connectivity index (χ0n) is 16.3. The highest BCUT2D eigenvalue weighted by Crippen LogP contribution is 2.23. The molecule has 1 aromatic carbocycles. The molecule has 0 aliphatic carbocycles. The Labute approximate surface area is 172 Å². The molecule has 8 nitrogen and oxygen atoms in total. The van der Waals surface area contributed by atoms with Gasteiger partial charge in [-0.3, -0.25) is 14.5 Å². The van der Waals surface area contributed by atoms with E-state index in [0.29, 0.717) is 36.1 Å². The number of thiophene rings is 1. The van der Waals surface area contributed by atoms with E-state index in [9.17, 15) is 9.59 Å². The van der Waals surface area contributed by atoms with Gasteiger partial charge in [-0.2, -0.15) is 0 Å². The van der Waals surface area contributed by atoms with Crippen LogP contribution in [0.15, 0.2) is 46.2 Å². The van der Waals surface area contributed by atoms with Crippen molar-refractivity contribution in [3.63, 3.8) is 0 Å². The van der Waals surface area contributed by atoms with Crippen LogP contribution in [-0.4, -0.2) is 47.0 Å². The SMILES string of the molecule is CCCN(CC(=O)Nc1cccc(C(=O)NC)c1)Cc1nnc(-c2cccs2)o1. The molecule has 0 fully saturated rings. The Morgan fingerprint density at radius 3 is 2.79 bits per heavy atom. The van der Waals surface area contributed by atoms with E-state index in [2.05, 4.69) is 20.8 Å². The van der Waals surface area contributed by atoms with E-state index in [4.69, 9.17) is 4.42 Å². The average Bonchev–Trinajstić information content (AvgIpc) is 3.39. The van der Waals surface area contributed by atoms with Gasteiger partial charge in [0.1, 0.15) is 0 Å². The van der Waals surface area contributed by atoms with Gasteiger partial charge in [0.2, 0.25) is 11.8 Å². The number of rotatable bonds is 9. The van der Waals surface area contributed by atoms with Crippen molar-refractivity contribution < 1.29 is 14.0 Å². The smallest absolute Gasteiger partial charge is 0.257 e. The van der Waals surface area contributed by atoms with E-state index in [1.807, 2.05) is 29.3 Å². The van der Waals surface area contributed by atoms with Gasteiger partial charge in [0.05, 0.1) is 18.0 Å². The van der Waals surface area contributed by atoms with E-state index in [1.54, 1.807) is 31.3 Å². The van der Waals surface area contributed by atoms with Crippen molar-refractivity contribution in [1.29, 1.82) is 0 Å². The third kappa shape index (κ3) is 5.72. The summed E-state index contributed by atoms with van der Waals surface area (Å²) in [6.45, 7) is 3.32. The summed E-state index contributed by atoms with van der Waals surface area (Å²) in [5, 5.41) is 15.5. The summed E-state index contributed by atoms with van der Waals surface area (Å²) in [7, 11) is 1.57. The molecule has 3 rings (SSSR count). The Morgan fingerprint density at radius 1 is 1.21 bits per heavy atom. The van der Waals surface area contributed by atoms with E-state index < -0.39 is 0 Å². The monoisotopic (exact) mass is 413 g/mol. The molecule has 152 valence electrons. The van der Waals surface area contributed by atoms with Crippen LogP contribution < -0.4 is 10.6 Å². The molecule has 0 bridgehead atoms. The Hall–Kier alpha value is -3.04. The molecule has 29 heavy (non-hydrogen) atoms. The van der Waals surface area contributed by atoms with Gasteiger partial charge in [-0.1, -0.05) is 19.1 Å². The summed E-state index contributed by atoms with van der Waals surface area (Å²) < 4.78 is 5.73. The molecule has 2 N–H and O–H groups in total. The maximum absolute atomic E-state index is 12.5. The highest BCUT2D eigenvalue weighted by atomic mass is 32.1. The van der Waals surface area contributed by atoms with Crippen molar-refractivity contribution in [3.05, 3.63) is 53.2 Å². The molecule has 0 saturated heterocycles. The van der Waals surface area contributed by atoms with Crippen LogP contribution in [-0.2, 0) is 11.3 Å². The van der Waals surface area contributed by atoms with Crippen LogP contribution in [0.4, 0.5) is 5.69 Å². The van der Waals surface area contributed by atoms with Crippen molar-refractivity contribution >= 4 is 28.8 Å². The first-order valence-electron chi connectivity index (χ1n) is 9.29. The van der Waals surface area contributed by atoms with Gasteiger partial charge in [-0.05, 0) is 42.6 Å². The molecule has 0 atom stereocenters. The topological polar surface area (TPSA) is 100 Å². The second-order valence-corrected chi connectivity index (χ2v) is 7.34. The van der Waals surface area contributed by atoms with Gasteiger partial charge in [-0.25, -0.2) is 0 Å². The molecule has 0 aliphatic rings. The molecule has 0 aliphatic heterocycles. The van der Waals surface area contributed by atoms with Crippen molar-refractivity contribution in [3.8, 4) is 10.8 Å². The minimum Gasteiger partial charge on any atom is -0.419 e. The molecule has 0 spiro atoms. The third-order valence-electron chi connectivity index (χ3n) is 4.10. The van der Waals surface area contributed by atoms with Crippen molar-refractivity contribution in [1.82, 2.24) is 20.4 Å². The summed E-state index contributed by atoms with van der Waals surface area (Å²) in [5.74, 6) is 0.579. The average molecular weight is 414 g/mol. The molecular formula is C20H23N5O3S. The number of amides is 2. The lowest BCUT2D eigenvalue weighted by molar-refractivity contribution is -0.117. The molecule has 3 aromatic rings. The van der Waals surface area contributed by atoms with Gasteiger partial charge < -0.3 is 15.1 Å². The first-order valence-corrected chi connectivity index (χ1v) is 10.2. The van der Waals surface area contributed by atoms with Crippen LogP contribution in [0.3, 0.4) is 0 Å². The maximum Gasteiger partial charge on any atom is 0.257 e. The number of carbonyl (C=O) groups is 2. The normalized spacial score (nSPS) is 10.9. The lowest BCUT2D eigenvalue weighted by Crippen LogP contribution is -2.33. The fourth-order valence-electron chi connectivity index (χ4n) is 2.82. The van der Waals surface area contributed by atoms with Crippen LogP contribution >= 0.6 is 11.3 Å². The van der Waals surface area contributed by atoms with Crippen LogP contribution in [0.25, 0.3) is 10.8 Å². The molecule has 2 amide bonds. The number of aromatic nitrogens is 2. The number of hydrogen-bond acceptors (Lipinski definition) is 7. The van der Waals surface area contributed by atoms with Gasteiger partial charge >= 0.3 is 0 Å². The second kappa shape index (κ2) is 9.94. The number of hydrogen-bond donors (Lipinski definition) is 2. The van der Waals surface area contributed by atoms with Crippen molar-refractivity contribution in [2.75, 3.05) is 25.5 Å². The first kappa shape index (κ1) is 20.7. The van der Waals surface area contributed by atoms with Gasteiger partial charge in [-0.15, -0.1) is 21.5 Å². The van der Waals surface area contributed by atoms with E-state index >= 15 is 0 Å². The maximum atomic E-state index is 12.5. The fraction of sp³-hybridized carbons (Fsp3) is 0.300. The number of nitrogens with zero attached hydrogens (tertiary/aromatic N) is 3. The standard InChI is InChI=1S/C20H23N5O3S/c1-3-9-25(13-18-23-24-20(28-18)16-8-5-10-29-16)12-17(26)22-15-7-4-6-14(11-15)19(27)21-2/h4-8,10-11H,3,9,12-13H2,1-2H3,(H,21,27)(H,22,26). The van der Waals surface area contributed by atoms with Crippen LogP contribution in [0, 0.1) is 0 Å². The second-order valence-electron chi connectivity index (χ2n) is 6.40. The van der Waals surface area contributed by atoms with Gasteiger partial charge in [0.25, 0.3) is 11.8 Å². The number of benzene rings is 1. The number of anilines is 1. The van der Waals surface area contributed by atoms with Crippen molar-refractivity contribution in [2.24, 2.45) is 0 Å². The van der Waals surface area contributed by atoms with Crippen LogP contribution in [0.5, 0.6) is 0 Å².